The van der Waals surface area contributed by atoms with Crippen LogP contribution < -0.4 is 20.9 Å². The molecule has 11 nitrogen and oxygen atoms in total. The van der Waals surface area contributed by atoms with E-state index in [2.05, 4.69) is 20.1 Å². The summed E-state index contributed by atoms with van der Waals surface area (Å²) in [5.41, 5.74) is 6.59. The van der Waals surface area contributed by atoms with Crippen LogP contribution >= 0.6 is 0 Å². The van der Waals surface area contributed by atoms with Crippen molar-refractivity contribution in [1.29, 1.82) is 5.41 Å². The number of hydrogen-bond donors (Lipinski definition) is 3. The molecule has 37 heavy (non-hydrogen) atoms. The maximum Gasteiger partial charge on any atom is 0.349 e. The van der Waals surface area contributed by atoms with Crippen LogP contribution in [0.1, 0.15) is 28.4 Å². The van der Waals surface area contributed by atoms with Crippen molar-refractivity contribution in [2.75, 3.05) is 27.4 Å². The van der Waals surface area contributed by atoms with Gasteiger partial charge in [0.2, 0.25) is 0 Å². The van der Waals surface area contributed by atoms with Gasteiger partial charge in [-0.05, 0) is 18.1 Å². The Bertz CT molecular complexity index is 1420. The molecule has 2 aromatic heterocycles. The van der Waals surface area contributed by atoms with Crippen LogP contribution in [0.15, 0.2) is 59.8 Å². The van der Waals surface area contributed by atoms with Crippen molar-refractivity contribution in [3.63, 3.8) is 0 Å². The van der Waals surface area contributed by atoms with Crippen molar-refractivity contribution in [2.24, 2.45) is 5.73 Å². The molecule has 0 saturated carbocycles. The number of aromatic nitrogens is 5. The monoisotopic (exact) mass is 507 g/mol. The van der Waals surface area contributed by atoms with Crippen LogP contribution in [-0.4, -0.2) is 58.0 Å². The van der Waals surface area contributed by atoms with Gasteiger partial charge in [-0.3, -0.25) is 15.4 Å². The van der Waals surface area contributed by atoms with Crippen LogP contribution in [0.25, 0.3) is 5.82 Å². The molecule has 0 spiro atoms. The molecule has 12 heteroatoms. The predicted octanol–water partition coefficient (Wildman–Crippen LogP) is 2.18. The van der Waals surface area contributed by atoms with E-state index in [-0.39, 0.29) is 48.4 Å². The summed E-state index contributed by atoms with van der Waals surface area (Å²) in [5.74, 6) is -0.635. The second-order valence-electron chi connectivity index (χ2n) is 8.03. The highest BCUT2D eigenvalue weighted by molar-refractivity contribution is 5.94. The number of benzene rings is 2. The molecule has 0 saturated heterocycles. The molecule has 0 amide bonds. The number of amidine groups is 1. The van der Waals surface area contributed by atoms with Crippen molar-refractivity contribution in [3.8, 4) is 17.3 Å². The Balaban J connectivity index is 1.82. The topological polar surface area (TPSA) is 154 Å². The molecule has 0 fully saturated rings. The van der Waals surface area contributed by atoms with Crippen molar-refractivity contribution in [3.05, 3.63) is 93.8 Å². The average molecular weight is 508 g/mol. The van der Waals surface area contributed by atoms with E-state index in [9.17, 15) is 4.79 Å². The molecule has 192 valence electrons. The normalized spacial score (nSPS) is 11.8. The SMILES string of the molecule is COCCOc1cc(OC)cc(C(Cc2ccc(C(=N)N)cc2)c2nn(-c3cnccn3)c(=O)[nH]2)c1F. The number of nitrogens with zero attached hydrogens (tertiary/aromatic N) is 4. The largest absolute Gasteiger partial charge is 0.497 e. The Morgan fingerprint density at radius 3 is 2.62 bits per heavy atom. The Kier molecular flexibility index (Phi) is 7.89. The molecule has 2 aromatic carbocycles. The maximum absolute atomic E-state index is 15.8. The van der Waals surface area contributed by atoms with Gasteiger partial charge < -0.3 is 19.9 Å². The van der Waals surface area contributed by atoms with Crippen LogP contribution in [0.4, 0.5) is 4.39 Å². The number of hydrogen-bond acceptors (Lipinski definition) is 8. The van der Waals surface area contributed by atoms with Crippen molar-refractivity contribution in [1.82, 2.24) is 24.7 Å². The summed E-state index contributed by atoms with van der Waals surface area (Å²) >= 11 is 0. The van der Waals surface area contributed by atoms with Crippen LogP contribution in [0, 0.1) is 11.2 Å². The number of methoxy groups -OCH3 is 2. The smallest absolute Gasteiger partial charge is 0.349 e. The van der Waals surface area contributed by atoms with Gasteiger partial charge in [0.15, 0.2) is 17.4 Å². The number of ether oxygens (including phenoxy) is 3. The lowest BCUT2D eigenvalue weighted by Gasteiger charge is -2.19. The lowest BCUT2D eigenvalue weighted by atomic mass is 9.90. The molecule has 0 aliphatic carbocycles. The lowest BCUT2D eigenvalue weighted by Crippen LogP contribution is -2.17. The van der Waals surface area contributed by atoms with Gasteiger partial charge in [0.05, 0.1) is 25.8 Å². The Morgan fingerprint density at radius 1 is 1.19 bits per heavy atom. The van der Waals surface area contributed by atoms with Gasteiger partial charge in [-0.15, -0.1) is 5.10 Å². The van der Waals surface area contributed by atoms with E-state index >= 15 is 4.39 Å². The van der Waals surface area contributed by atoms with E-state index in [1.165, 1.54) is 38.9 Å². The fourth-order valence-electron chi connectivity index (χ4n) is 3.77. The van der Waals surface area contributed by atoms with Crippen LogP contribution in [-0.2, 0) is 11.2 Å². The highest BCUT2D eigenvalue weighted by Gasteiger charge is 2.27. The molecule has 4 aromatic rings. The zero-order valence-electron chi connectivity index (χ0n) is 20.3. The second-order valence-corrected chi connectivity index (χ2v) is 8.03. The summed E-state index contributed by atoms with van der Waals surface area (Å²) in [7, 11) is 2.99. The van der Waals surface area contributed by atoms with Crippen molar-refractivity contribution >= 4 is 5.84 Å². The first kappa shape index (κ1) is 25.5. The highest BCUT2D eigenvalue weighted by atomic mass is 19.1. The first-order valence-corrected chi connectivity index (χ1v) is 11.3. The van der Waals surface area contributed by atoms with E-state index < -0.39 is 17.4 Å². The zero-order valence-corrected chi connectivity index (χ0v) is 20.3. The maximum atomic E-state index is 15.8. The minimum Gasteiger partial charge on any atom is -0.497 e. The van der Waals surface area contributed by atoms with E-state index in [0.29, 0.717) is 11.3 Å². The molecule has 1 unspecified atom stereocenters. The van der Waals surface area contributed by atoms with Crippen LogP contribution in [0.3, 0.4) is 0 Å². The van der Waals surface area contributed by atoms with E-state index in [1.807, 2.05) is 0 Å². The fraction of sp³-hybridized carbons (Fsp3) is 0.240. The van der Waals surface area contributed by atoms with Crippen LogP contribution in [0.2, 0.25) is 0 Å². The predicted molar refractivity (Wildman–Crippen MR) is 133 cm³/mol. The minimum absolute atomic E-state index is 0.0148. The Morgan fingerprint density at radius 2 is 1.97 bits per heavy atom. The number of rotatable bonds is 11. The summed E-state index contributed by atoms with van der Waals surface area (Å²) in [4.78, 5) is 23.6. The molecule has 0 bridgehead atoms. The third-order valence-corrected chi connectivity index (χ3v) is 5.63. The number of aromatic amines is 1. The summed E-state index contributed by atoms with van der Waals surface area (Å²) in [6, 6.07) is 9.99. The summed E-state index contributed by atoms with van der Waals surface area (Å²) < 4.78 is 32.9. The van der Waals surface area contributed by atoms with Gasteiger partial charge in [0.25, 0.3) is 0 Å². The number of H-pyrrole nitrogens is 1. The van der Waals surface area contributed by atoms with Gasteiger partial charge in [-0.1, -0.05) is 24.3 Å². The van der Waals surface area contributed by atoms with E-state index in [0.717, 1.165) is 10.2 Å². The summed E-state index contributed by atoms with van der Waals surface area (Å²) in [6.45, 7) is 0.406. The van der Waals surface area contributed by atoms with Gasteiger partial charge >= 0.3 is 5.69 Å². The third-order valence-electron chi connectivity index (χ3n) is 5.63. The zero-order chi connectivity index (χ0) is 26.4. The van der Waals surface area contributed by atoms with Crippen LogP contribution in [0.5, 0.6) is 11.5 Å². The summed E-state index contributed by atoms with van der Waals surface area (Å²) in [6.07, 6.45) is 4.57. The molecule has 0 aliphatic heterocycles. The average Bonchev–Trinajstić information content (AvgIpc) is 3.30. The second kappa shape index (κ2) is 11.4. The highest BCUT2D eigenvalue weighted by Crippen LogP contribution is 2.36. The van der Waals surface area contributed by atoms with Crippen molar-refractivity contribution in [2.45, 2.75) is 12.3 Å². The lowest BCUT2D eigenvalue weighted by molar-refractivity contribution is 0.143. The molecule has 1 atom stereocenters. The third kappa shape index (κ3) is 5.81. The molecular weight excluding hydrogens is 481 g/mol. The fourth-order valence-corrected chi connectivity index (χ4v) is 3.77. The van der Waals surface area contributed by atoms with E-state index in [4.69, 9.17) is 25.4 Å². The molecule has 0 aliphatic rings. The molecule has 2 heterocycles. The molecule has 0 radical (unpaired) electrons. The quantitative estimate of drug-likeness (QED) is 0.159. The molecular formula is C25H26FN7O4. The standard InChI is InChI=1S/C25H26FN7O4/c1-35-9-10-37-20-13-17(36-2)12-18(22(20)26)19(11-15-3-5-16(6-4-15)23(27)28)24-31-25(34)33(32-24)21-14-29-7-8-30-21/h3-8,12-14,19H,9-11H2,1-2H3,(H3,27,28)(H,31,32,34). The Hall–Kier alpha value is -4.58. The minimum atomic E-state index is -0.742. The first-order valence-electron chi connectivity index (χ1n) is 11.3. The Labute approximate surface area is 211 Å². The van der Waals surface area contributed by atoms with E-state index in [1.54, 1.807) is 30.3 Å². The molecule has 4 N–H and O–H groups in total. The molecule has 4 rings (SSSR count). The number of nitrogen functional groups attached to an aromatic ring is 1. The first-order chi connectivity index (χ1) is 17.9. The van der Waals surface area contributed by atoms with Gasteiger partial charge in [-0.2, -0.15) is 4.68 Å². The van der Waals surface area contributed by atoms with Gasteiger partial charge in [0, 0.05) is 36.7 Å². The van der Waals surface area contributed by atoms with Gasteiger partial charge in [0.1, 0.15) is 24.0 Å². The number of nitrogens with two attached hydrogens (primary N) is 1. The van der Waals surface area contributed by atoms with Crippen molar-refractivity contribution < 1.29 is 18.6 Å². The van der Waals surface area contributed by atoms with Gasteiger partial charge in [-0.25, -0.2) is 14.2 Å². The number of halogens is 1. The number of nitrogens with one attached hydrogen (secondary N) is 2. The summed E-state index contributed by atoms with van der Waals surface area (Å²) in [5, 5.41) is 12.0.